The quantitative estimate of drug-likeness (QED) is 0.503. The zero-order valence-electron chi connectivity index (χ0n) is 19.9. The number of hydrogen-bond acceptors (Lipinski definition) is 8. The molecule has 1 aromatic carbocycles. The highest BCUT2D eigenvalue weighted by molar-refractivity contribution is 6.00. The van der Waals surface area contributed by atoms with E-state index in [-0.39, 0.29) is 30.8 Å². The fourth-order valence-electron chi connectivity index (χ4n) is 4.29. The smallest absolute Gasteiger partial charge is 0.412 e. The number of carbonyl (C=O) groups is 2. The number of ether oxygens (including phenoxy) is 1. The number of halogens is 1. The number of alkyl halides is 1. The third-order valence-electron chi connectivity index (χ3n) is 6.27. The van der Waals surface area contributed by atoms with Gasteiger partial charge in [0.15, 0.2) is 5.82 Å². The van der Waals surface area contributed by atoms with Crippen LogP contribution in [0.5, 0.6) is 0 Å². The van der Waals surface area contributed by atoms with Gasteiger partial charge < -0.3 is 10.5 Å². The topological polar surface area (TPSA) is 157 Å². The molecule has 36 heavy (non-hydrogen) atoms. The molecule has 12 nitrogen and oxygen atoms in total. The molecule has 1 aliphatic rings. The number of piperidine rings is 1. The molecule has 0 saturated carbocycles. The van der Waals surface area contributed by atoms with Gasteiger partial charge in [0.05, 0.1) is 37.2 Å². The molecule has 3 N–H and O–H groups in total. The van der Waals surface area contributed by atoms with Crippen molar-refractivity contribution >= 4 is 17.8 Å². The minimum Gasteiger partial charge on any atom is -0.453 e. The number of likely N-dealkylation sites (tertiary alicyclic amines) is 1. The van der Waals surface area contributed by atoms with Crippen LogP contribution in [-0.4, -0.2) is 68.0 Å². The molecule has 2 unspecified atom stereocenters. The Kier molecular flexibility index (Phi) is 6.98. The lowest BCUT2D eigenvalue weighted by Gasteiger charge is -2.43. The van der Waals surface area contributed by atoms with Crippen LogP contribution < -0.4 is 11.1 Å². The first-order valence-corrected chi connectivity index (χ1v) is 11.2. The molecule has 4 rings (SSSR count). The van der Waals surface area contributed by atoms with Gasteiger partial charge in [-0.3, -0.25) is 19.7 Å². The van der Waals surface area contributed by atoms with Gasteiger partial charge in [0.25, 0.3) is 5.91 Å². The monoisotopic (exact) mass is 495 g/mol. The maximum absolute atomic E-state index is 15.8. The van der Waals surface area contributed by atoms with Crippen LogP contribution >= 0.6 is 0 Å². The number of nitrogens with two attached hydrogens (primary N) is 1. The highest BCUT2D eigenvalue weighted by Crippen LogP contribution is 2.37. The molecular weight excluding hydrogens is 469 g/mol. The predicted octanol–water partition coefficient (Wildman–Crippen LogP) is 1.90. The molecular formula is C23H26FN9O3. The minimum absolute atomic E-state index is 0.0505. The van der Waals surface area contributed by atoms with Crippen molar-refractivity contribution in [2.45, 2.75) is 38.0 Å². The Morgan fingerprint density at radius 2 is 2.08 bits per heavy atom. The number of benzene rings is 1. The summed E-state index contributed by atoms with van der Waals surface area (Å²) < 4.78 is 21.6. The highest BCUT2D eigenvalue weighted by Gasteiger charge is 2.46. The molecule has 0 radical (unpaired) electrons. The molecule has 2 amide bonds. The van der Waals surface area contributed by atoms with Crippen LogP contribution in [-0.2, 0) is 16.8 Å². The molecule has 188 valence electrons. The third-order valence-corrected chi connectivity index (χ3v) is 6.27. The van der Waals surface area contributed by atoms with Gasteiger partial charge >= 0.3 is 6.09 Å². The number of aromatic nitrogens is 5. The molecule has 1 aliphatic heterocycles. The zero-order chi connectivity index (χ0) is 25.9. The second kappa shape index (κ2) is 10.1. The number of carbonyl (C=O) groups excluding carboxylic acids is 2. The van der Waals surface area contributed by atoms with E-state index < -0.39 is 23.7 Å². The van der Waals surface area contributed by atoms with E-state index in [4.69, 9.17) is 5.73 Å². The summed E-state index contributed by atoms with van der Waals surface area (Å²) in [6.07, 6.45) is 0.702. The first kappa shape index (κ1) is 24.8. The van der Waals surface area contributed by atoms with Gasteiger partial charge in [-0.05, 0) is 31.0 Å². The summed E-state index contributed by atoms with van der Waals surface area (Å²) in [6.45, 7) is 2.90. The zero-order valence-corrected chi connectivity index (χ0v) is 19.9. The van der Waals surface area contributed by atoms with Crippen molar-refractivity contribution < 1.29 is 18.7 Å². The van der Waals surface area contributed by atoms with Crippen molar-refractivity contribution in [2.24, 2.45) is 5.73 Å². The average Bonchev–Trinajstić information content (AvgIpc) is 3.48. The molecule has 0 aliphatic carbocycles. The molecule has 2 aromatic heterocycles. The van der Waals surface area contributed by atoms with Crippen molar-refractivity contribution in [3.05, 3.63) is 53.5 Å². The molecule has 1 fully saturated rings. The Balaban J connectivity index is 1.51. The number of amides is 2. The van der Waals surface area contributed by atoms with Gasteiger partial charge in [0.1, 0.15) is 17.3 Å². The van der Waals surface area contributed by atoms with Crippen molar-refractivity contribution in [3.8, 4) is 11.8 Å². The number of nitrogens with one attached hydrogen (secondary N) is 1. The summed E-state index contributed by atoms with van der Waals surface area (Å²) in [5, 5.41) is 24.5. The molecule has 2 atom stereocenters. The Labute approximate surface area is 206 Å². The lowest BCUT2D eigenvalue weighted by atomic mass is 9.83. The summed E-state index contributed by atoms with van der Waals surface area (Å²) in [6, 6.07) is 9.72. The lowest BCUT2D eigenvalue weighted by molar-refractivity contribution is 0.00694. The van der Waals surface area contributed by atoms with Crippen LogP contribution in [0, 0.1) is 18.3 Å². The van der Waals surface area contributed by atoms with Gasteiger partial charge in [-0.25, -0.2) is 9.18 Å². The Morgan fingerprint density at radius 3 is 2.67 bits per heavy atom. The fraction of sp³-hybridized carbons (Fsp3) is 0.391. The maximum atomic E-state index is 15.8. The van der Waals surface area contributed by atoms with Crippen molar-refractivity contribution in [1.82, 2.24) is 29.7 Å². The van der Waals surface area contributed by atoms with Crippen LogP contribution in [0.1, 0.15) is 34.5 Å². The molecule has 3 aromatic rings. The van der Waals surface area contributed by atoms with Gasteiger partial charge in [-0.2, -0.15) is 25.4 Å². The van der Waals surface area contributed by atoms with E-state index in [0.717, 1.165) is 24.1 Å². The summed E-state index contributed by atoms with van der Waals surface area (Å²) in [5.41, 5.74) is 6.62. The standard InChI is InChI=1S/C23H26FN9O3/c1-15-11-27-33(29-15)17-5-3-16(4-6-17)12-31-10-8-23(7-9-25,19(24)14-31)32-13-18(20(26)34)21(30-32)28-22(35)36-2/h3-6,11,13,19H,7-8,10,12,14H2,1-2H3,(H2,26,34)(H,28,30,35). The minimum atomic E-state index is -1.48. The van der Waals surface area contributed by atoms with E-state index in [0.29, 0.717) is 13.1 Å². The van der Waals surface area contributed by atoms with Crippen molar-refractivity contribution in [2.75, 3.05) is 25.5 Å². The van der Waals surface area contributed by atoms with E-state index in [1.807, 2.05) is 42.2 Å². The lowest BCUT2D eigenvalue weighted by Crippen LogP contribution is -2.54. The van der Waals surface area contributed by atoms with E-state index in [1.54, 1.807) is 11.0 Å². The van der Waals surface area contributed by atoms with Crippen LogP contribution in [0.2, 0.25) is 0 Å². The van der Waals surface area contributed by atoms with E-state index in [2.05, 4.69) is 25.3 Å². The first-order valence-electron chi connectivity index (χ1n) is 11.2. The first-order chi connectivity index (χ1) is 17.3. The highest BCUT2D eigenvalue weighted by atomic mass is 19.1. The molecule has 3 heterocycles. The number of primary amides is 1. The number of hydrogen-bond donors (Lipinski definition) is 2. The Bertz CT molecular complexity index is 1300. The molecule has 13 heteroatoms. The van der Waals surface area contributed by atoms with Gasteiger partial charge in [0.2, 0.25) is 0 Å². The second-order valence-electron chi connectivity index (χ2n) is 8.65. The van der Waals surface area contributed by atoms with Gasteiger partial charge in [-0.15, -0.1) is 0 Å². The van der Waals surface area contributed by atoms with Gasteiger partial charge in [-0.1, -0.05) is 12.1 Å². The van der Waals surface area contributed by atoms with Gasteiger partial charge in [0, 0.05) is 25.8 Å². The van der Waals surface area contributed by atoms with Crippen LogP contribution in [0.15, 0.2) is 36.7 Å². The Morgan fingerprint density at radius 1 is 1.33 bits per heavy atom. The average molecular weight is 496 g/mol. The summed E-state index contributed by atoms with van der Waals surface area (Å²) in [7, 11) is 1.16. The normalized spacial score (nSPS) is 20.0. The fourth-order valence-corrected chi connectivity index (χ4v) is 4.29. The number of methoxy groups -OCH3 is 1. The van der Waals surface area contributed by atoms with Crippen molar-refractivity contribution in [1.29, 1.82) is 5.26 Å². The van der Waals surface area contributed by atoms with Crippen molar-refractivity contribution in [3.63, 3.8) is 0 Å². The predicted molar refractivity (Wildman–Crippen MR) is 126 cm³/mol. The van der Waals surface area contributed by atoms with Crippen LogP contribution in [0.4, 0.5) is 15.0 Å². The Hall–Kier alpha value is -4.31. The number of anilines is 1. The van der Waals surface area contributed by atoms with E-state index >= 15 is 4.39 Å². The van der Waals surface area contributed by atoms with Crippen LogP contribution in [0.25, 0.3) is 5.69 Å². The molecule has 0 bridgehead atoms. The maximum Gasteiger partial charge on any atom is 0.412 e. The SMILES string of the molecule is COC(=O)Nc1nn(C2(CC#N)CCN(Cc3ccc(-n4ncc(C)n4)cc3)CC2F)cc1C(N)=O. The number of nitriles is 1. The number of rotatable bonds is 7. The van der Waals surface area contributed by atoms with Crippen LogP contribution in [0.3, 0.4) is 0 Å². The summed E-state index contributed by atoms with van der Waals surface area (Å²) in [5.74, 6) is -1.00. The third kappa shape index (κ3) is 4.89. The van der Waals surface area contributed by atoms with E-state index in [9.17, 15) is 14.9 Å². The largest absolute Gasteiger partial charge is 0.453 e. The van der Waals surface area contributed by atoms with E-state index in [1.165, 1.54) is 10.9 Å². The number of aryl methyl sites for hydroxylation is 1. The second-order valence-corrected chi connectivity index (χ2v) is 8.65. The number of nitrogens with zero attached hydrogens (tertiary/aromatic N) is 7. The summed E-state index contributed by atoms with van der Waals surface area (Å²) >= 11 is 0. The summed E-state index contributed by atoms with van der Waals surface area (Å²) in [4.78, 5) is 27.1. The molecule has 1 saturated heterocycles. The molecule has 0 spiro atoms.